The fourth-order valence-electron chi connectivity index (χ4n) is 3.23. The minimum Gasteiger partial charge on any atom is -0.323 e. The highest BCUT2D eigenvalue weighted by atomic mass is 16.2. The standard InChI is InChI=1S/C19H22N4O2/c1-12-19(13(2)22(4)21-12)20-18(25)11-17-16-8-6-5-7-15(16)9-10-23(17)14(3)24/h5-10,17H,11H2,1-4H3,(H,20,25)/t17-/m0/s1. The summed E-state index contributed by atoms with van der Waals surface area (Å²) < 4.78 is 1.74. The Hall–Kier alpha value is -2.89. The van der Waals surface area contributed by atoms with Crippen molar-refractivity contribution in [2.45, 2.75) is 33.2 Å². The zero-order valence-corrected chi connectivity index (χ0v) is 14.9. The third-order valence-electron chi connectivity index (χ3n) is 4.62. The molecule has 0 aliphatic carbocycles. The van der Waals surface area contributed by atoms with Gasteiger partial charge in [-0.15, -0.1) is 0 Å². The van der Waals surface area contributed by atoms with Crippen molar-refractivity contribution in [2.75, 3.05) is 5.32 Å². The van der Waals surface area contributed by atoms with Crippen molar-refractivity contribution in [1.29, 1.82) is 0 Å². The van der Waals surface area contributed by atoms with Crippen molar-refractivity contribution in [3.8, 4) is 0 Å². The van der Waals surface area contributed by atoms with E-state index in [9.17, 15) is 9.59 Å². The molecule has 1 N–H and O–H groups in total. The molecule has 25 heavy (non-hydrogen) atoms. The van der Waals surface area contributed by atoms with Crippen molar-refractivity contribution in [3.63, 3.8) is 0 Å². The summed E-state index contributed by atoms with van der Waals surface area (Å²) in [6, 6.07) is 7.52. The molecule has 0 bridgehead atoms. The molecule has 6 heteroatoms. The molecule has 1 aromatic carbocycles. The summed E-state index contributed by atoms with van der Waals surface area (Å²) in [6.45, 7) is 5.29. The zero-order chi connectivity index (χ0) is 18.1. The zero-order valence-electron chi connectivity index (χ0n) is 14.9. The van der Waals surface area contributed by atoms with E-state index in [0.29, 0.717) is 0 Å². The van der Waals surface area contributed by atoms with E-state index < -0.39 is 0 Å². The van der Waals surface area contributed by atoms with Crippen molar-refractivity contribution in [3.05, 3.63) is 53.0 Å². The van der Waals surface area contributed by atoms with Gasteiger partial charge in [0.25, 0.3) is 0 Å². The quantitative estimate of drug-likeness (QED) is 0.935. The number of hydrogen-bond donors (Lipinski definition) is 1. The van der Waals surface area contributed by atoms with Crippen LogP contribution < -0.4 is 5.32 Å². The molecule has 0 spiro atoms. The maximum atomic E-state index is 12.7. The number of amides is 2. The molecule has 1 aromatic heterocycles. The Kier molecular flexibility index (Phi) is 4.44. The van der Waals surface area contributed by atoms with Crippen LogP contribution >= 0.6 is 0 Å². The number of anilines is 1. The van der Waals surface area contributed by atoms with E-state index in [1.165, 1.54) is 6.92 Å². The minimum absolute atomic E-state index is 0.0858. The topological polar surface area (TPSA) is 67.2 Å². The molecule has 2 amide bonds. The summed E-state index contributed by atoms with van der Waals surface area (Å²) in [5, 5.41) is 7.27. The molecular weight excluding hydrogens is 316 g/mol. The number of carbonyl (C=O) groups excluding carboxylic acids is 2. The van der Waals surface area contributed by atoms with E-state index in [2.05, 4.69) is 10.4 Å². The Morgan fingerprint density at radius 3 is 2.60 bits per heavy atom. The number of nitrogens with zero attached hydrogens (tertiary/aromatic N) is 3. The number of aryl methyl sites for hydroxylation is 2. The molecule has 0 saturated carbocycles. The summed E-state index contributed by atoms with van der Waals surface area (Å²) in [4.78, 5) is 26.3. The highest BCUT2D eigenvalue weighted by molar-refractivity contribution is 5.93. The first-order valence-corrected chi connectivity index (χ1v) is 8.24. The van der Waals surface area contributed by atoms with Crippen LogP contribution in [0, 0.1) is 13.8 Å². The number of carbonyl (C=O) groups is 2. The van der Waals surface area contributed by atoms with Gasteiger partial charge in [-0.2, -0.15) is 5.10 Å². The molecule has 130 valence electrons. The fraction of sp³-hybridized carbons (Fsp3) is 0.316. The van der Waals surface area contributed by atoms with Crippen molar-refractivity contribution < 1.29 is 9.59 Å². The first-order chi connectivity index (χ1) is 11.9. The molecule has 2 aromatic rings. The SMILES string of the molecule is CC(=O)N1C=Cc2ccccc2[C@@H]1CC(=O)Nc1c(C)nn(C)c1C. The van der Waals surface area contributed by atoms with Gasteiger partial charge in [-0.3, -0.25) is 14.3 Å². The Labute approximate surface area is 147 Å². The Bertz CT molecular complexity index is 866. The van der Waals surface area contributed by atoms with Gasteiger partial charge in [0, 0.05) is 20.2 Å². The van der Waals surface area contributed by atoms with Crippen LogP contribution in [0.1, 0.15) is 41.9 Å². The normalized spacial score (nSPS) is 15.8. The van der Waals surface area contributed by atoms with Gasteiger partial charge in [0.15, 0.2) is 0 Å². The average Bonchev–Trinajstić information content (AvgIpc) is 2.81. The number of nitrogens with one attached hydrogen (secondary N) is 1. The van der Waals surface area contributed by atoms with E-state index in [-0.39, 0.29) is 24.3 Å². The van der Waals surface area contributed by atoms with Gasteiger partial charge >= 0.3 is 0 Å². The molecule has 0 radical (unpaired) electrons. The van der Waals surface area contributed by atoms with Crippen molar-refractivity contribution >= 4 is 23.6 Å². The average molecular weight is 338 g/mol. The molecule has 6 nitrogen and oxygen atoms in total. The molecule has 2 heterocycles. The van der Waals surface area contributed by atoms with Crippen LogP contribution in [-0.4, -0.2) is 26.5 Å². The molecule has 1 aliphatic heterocycles. The summed E-state index contributed by atoms with van der Waals surface area (Å²) in [5.41, 5.74) is 4.43. The molecule has 0 fully saturated rings. The third kappa shape index (κ3) is 3.20. The van der Waals surface area contributed by atoms with Crippen molar-refractivity contribution in [1.82, 2.24) is 14.7 Å². The van der Waals surface area contributed by atoms with Gasteiger partial charge in [-0.05, 0) is 31.1 Å². The Balaban J connectivity index is 1.85. The highest BCUT2D eigenvalue weighted by Crippen LogP contribution is 2.33. The lowest BCUT2D eigenvalue weighted by molar-refractivity contribution is -0.129. The van der Waals surface area contributed by atoms with E-state index in [0.717, 1.165) is 28.2 Å². The van der Waals surface area contributed by atoms with Gasteiger partial charge < -0.3 is 10.2 Å². The largest absolute Gasteiger partial charge is 0.323 e. The monoisotopic (exact) mass is 338 g/mol. The van der Waals surface area contributed by atoms with Crippen LogP contribution in [-0.2, 0) is 16.6 Å². The van der Waals surface area contributed by atoms with Crippen LogP contribution in [0.25, 0.3) is 6.08 Å². The number of hydrogen-bond acceptors (Lipinski definition) is 3. The highest BCUT2D eigenvalue weighted by Gasteiger charge is 2.28. The Morgan fingerprint density at radius 2 is 1.96 bits per heavy atom. The van der Waals surface area contributed by atoms with E-state index in [1.807, 2.05) is 51.2 Å². The lowest BCUT2D eigenvalue weighted by Gasteiger charge is -2.32. The van der Waals surface area contributed by atoms with Crippen LogP contribution in [0.3, 0.4) is 0 Å². The summed E-state index contributed by atoms with van der Waals surface area (Å²) in [5.74, 6) is -0.224. The number of rotatable bonds is 3. The molecule has 0 saturated heterocycles. The third-order valence-corrected chi connectivity index (χ3v) is 4.62. The molecule has 1 atom stereocenters. The van der Waals surface area contributed by atoms with Gasteiger partial charge in [0.1, 0.15) is 0 Å². The first-order valence-electron chi connectivity index (χ1n) is 8.24. The van der Waals surface area contributed by atoms with Crippen LogP contribution in [0.2, 0.25) is 0 Å². The van der Waals surface area contributed by atoms with Gasteiger partial charge in [-0.1, -0.05) is 24.3 Å². The predicted molar refractivity (Wildman–Crippen MR) is 96.7 cm³/mol. The number of aromatic nitrogens is 2. The maximum absolute atomic E-state index is 12.7. The summed E-state index contributed by atoms with van der Waals surface area (Å²) in [7, 11) is 1.84. The van der Waals surface area contributed by atoms with Crippen LogP contribution in [0.4, 0.5) is 5.69 Å². The minimum atomic E-state index is -0.309. The van der Waals surface area contributed by atoms with Gasteiger partial charge in [-0.25, -0.2) is 0 Å². The van der Waals surface area contributed by atoms with E-state index in [4.69, 9.17) is 0 Å². The number of benzene rings is 1. The molecule has 0 unspecified atom stereocenters. The summed E-state index contributed by atoms with van der Waals surface area (Å²) >= 11 is 0. The lowest BCUT2D eigenvalue weighted by atomic mass is 9.93. The van der Waals surface area contributed by atoms with E-state index >= 15 is 0 Å². The van der Waals surface area contributed by atoms with Gasteiger partial charge in [0.2, 0.25) is 11.8 Å². The molecular formula is C19H22N4O2. The number of fused-ring (bicyclic) bond motifs is 1. The predicted octanol–water partition coefficient (Wildman–Crippen LogP) is 2.94. The summed E-state index contributed by atoms with van der Waals surface area (Å²) in [6.07, 6.45) is 3.85. The first kappa shape index (κ1) is 17.0. The second-order valence-electron chi connectivity index (χ2n) is 6.31. The fourth-order valence-corrected chi connectivity index (χ4v) is 3.23. The van der Waals surface area contributed by atoms with Crippen molar-refractivity contribution in [2.24, 2.45) is 7.05 Å². The molecule has 1 aliphatic rings. The van der Waals surface area contributed by atoms with E-state index in [1.54, 1.807) is 15.8 Å². The molecule has 3 rings (SSSR count). The maximum Gasteiger partial charge on any atom is 0.226 e. The van der Waals surface area contributed by atoms with Crippen LogP contribution in [0.15, 0.2) is 30.5 Å². The second kappa shape index (κ2) is 6.55. The Morgan fingerprint density at radius 1 is 1.24 bits per heavy atom. The van der Waals surface area contributed by atoms with Crippen LogP contribution in [0.5, 0.6) is 0 Å². The van der Waals surface area contributed by atoms with Gasteiger partial charge in [0.05, 0.1) is 29.5 Å². The lowest BCUT2D eigenvalue weighted by Crippen LogP contribution is -2.33. The second-order valence-corrected chi connectivity index (χ2v) is 6.31. The smallest absolute Gasteiger partial charge is 0.226 e.